The van der Waals surface area contributed by atoms with Gasteiger partial charge in [-0.05, 0) is 30.4 Å². The minimum atomic E-state index is 0.107. The van der Waals surface area contributed by atoms with E-state index >= 15 is 0 Å². The van der Waals surface area contributed by atoms with E-state index in [0.29, 0.717) is 6.54 Å². The number of carbonyl (C=O) groups excluding carboxylic acids is 1. The third kappa shape index (κ3) is 3.40. The number of nitrogens with two attached hydrogens (primary N) is 1. The predicted octanol–water partition coefficient (Wildman–Crippen LogP) is 2.55. The molecule has 104 valence electrons. The van der Waals surface area contributed by atoms with Crippen LogP contribution in [0.15, 0.2) is 24.3 Å². The van der Waals surface area contributed by atoms with Crippen molar-refractivity contribution in [2.75, 3.05) is 25.9 Å². The van der Waals surface area contributed by atoms with Crippen LogP contribution in [-0.4, -0.2) is 36.0 Å². The first-order chi connectivity index (χ1) is 9.08. The van der Waals surface area contributed by atoms with Crippen molar-refractivity contribution in [2.45, 2.75) is 26.3 Å². The third-order valence-electron chi connectivity index (χ3n) is 3.84. The summed E-state index contributed by atoms with van der Waals surface area (Å²) in [6.07, 6.45) is 2.21. The first kappa shape index (κ1) is 13.7. The lowest BCUT2D eigenvalue weighted by Gasteiger charge is -2.33. The molecule has 2 N–H and O–H groups in total. The zero-order valence-corrected chi connectivity index (χ0v) is 11.8. The van der Waals surface area contributed by atoms with E-state index in [2.05, 4.69) is 6.92 Å². The SMILES string of the molecule is CC1CCN(C(=O)N(C)Cc2ccccc2N)CC1. The Balaban J connectivity index is 1.94. The van der Waals surface area contributed by atoms with E-state index in [9.17, 15) is 4.79 Å². The fraction of sp³-hybridized carbons (Fsp3) is 0.533. The smallest absolute Gasteiger partial charge is 0.320 e. The Labute approximate surface area is 115 Å². The molecule has 4 nitrogen and oxygen atoms in total. The van der Waals surface area contributed by atoms with Crippen LogP contribution in [0.4, 0.5) is 10.5 Å². The molecule has 0 aliphatic carbocycles. The highest BCUT2D eigenvalue weighted by Crippen LogP contribution is 2.18. The van der Waals surface area contributed by atoms with E-state index in [4.69, 9.17) is 5.73 Å². The van der Waals surface area contributed by atoms with Crippen molar-refractivity contribution in [2.24, 2.45) is 5.92 Å². The van der Waals surface area contributed by atoms with Crippen molar-refractivity contribution in [3.05, 3.63) is 29.8 Å². The van der Waals surface area contributed by atoms with Gasteiger partial charge in [-0.2, -0.15) is 0 Å². The molecule has 0 aromatic heterocycles. The highest BCUT2D eigenvalue weighted by atomic mass is 16.2. The lowest BCUT2D eigenvalue weighted by atomic mass is 9.99. The number of urea groups is 1. The molecule has 1 aliphatic heterocycles. The van der Waals surface area contributed by atoms with Gasteiger partial charge in [0.05, 0.1) is 0 Å². The molecule has 1 saturated heterocycles. The van der Waals surface area contributed by atoms with Crippen LogP contribution in [0, 0.1) is 5.92 Å². The maximum atomic E-state index is 12.3. The van der Waals surface area contributed by atoms with Crippen molar-refractivity contribution in [3.8, 4) is 0 Å². The van der Waals surface area contributed by atoms with Crippen LogP contribution in [0.25, 0.3) is 0 Å². The van der Waals surface area contributed by atoms with Crippen LogP contribution in [0.3, 0.4) is 0 Å². The van der Waals surface area contributed by atoms with Gasteiger partial charge in [0.15, 0.2) is 0 Å². The van der Waals surface area contributed by atoms with Crippen molar-refractivity contribution in [1.29, 1.82) is 0 Å². The van der Waals surface area contributed by atoms with Crippen LogP contribution in [0.1, 0.15) is 25.3 Å². The largest absolute Gasteiger partial charge is 0.398 e. The molecule has 1 aromatic carbocycles. The molecule has 19 heavy (non-hydrogen) atoms. The second-order valence-electron chi connectivity index (χ2n) is 5.51. The van der Waals surface area contributed by atoms with Gasteiger partial charge in [0, 0.05) is 32.4 Å². The number of nitrogens with zero attached hydrogens (tertiary/aromatic N) is 2. The molecule has 4 heteroatoms. The first-order valence-corrected chi connectivity index (χ1v) is 6.91. The number of benzene rings is 1. The average molecular weight is 261 g/mol. The molecule has 1 aromatic rings. The molecule has 2 amide bonds. The van der Waals surface area contributed by atoms with Gasteiger partial charge in [0.2, 0.25) is 0 Å². The Morgan fingerprint density at radius 3 is 2.63 bits per heavy atom. The minimum Gasteiger partial charge on any atom is -0.398 e. The Hall–Kier alpha value is -1.71. The lowest BCUT2D eigenvalue weighted by Crippen LogP contribution is -2.44. The standard InChI is InChI=1S/C15H23N3O/c1-12-7-9-18(10-8-12)15(19)17(2)11-13-5-3-4-6-14(13)16/h3-6,12H,7-11,16H2,1-2H3. The van der Waals surface area contributed by atoms with Gasteiger partial charge in [-0.3, -0.25) is 0 Å². The number of hydrogen-bond acceptors (Lipinski definition) is 2. The molecule has 0 bridgehead atoms. The van der Waals surface area contributed by atoms with Crippen LogP contribution in [0.5, 0.6) is 0 Å². The van der Waals surface area contributed by atoms with Gasteiger partial charge in [-0.1, -0.05) is 25.1 Å². The van der Waals surface area contributed by atoms with E-state index in [0.717, 1.165) is 43.1 Å². The van der Waals surface area contributed by atoms with Crippen molar-refractivity contribution in [3.63, 3.8) is 0 Å². The monoisotopic (exact) mass is 261 g/mol. The zero-order chi connectivity index (χ0) is 13.8. The van der Waals surface area contributed by atoms with Gasteiger partial charge in [-0.15, -0.1) is 0 Å². The molecule has 0 atom stereocenters. The van der Waals surface area contributed by atoms with Crippen LogP contribution in [-0.2, 0) is 6.54 Å². The Morgan fingerprint density at radius 2 is 2.00 bits per heavy atom. The molecule has 0 unspecified atom stereocenters. The maximum absolute atomic E-state index is 12.3. The van der Waals surface area contributed by atoms with E-state index in [-0.39, 0.29) is 6.03 Å². The lowest BCUT2D eigenvalue weighted by molar-refractivity contribution is 0.141. The normalized spacial score (nSPS) is 16.4. The molecule has 0 spiro atoms. The van der Waals surface area contributed by atoms with Crippen molar-refractivity contribution < 1.29 is 4.79 Å². The Bertz CT molecular complexity index is 439. The molecule has 1 fully saturated rings. The van der Waals surface area contributed by atoms with Gasteiger partial charge < -0.3 is 15.5 Å². The molecular formula is C15H23N3O. The summed E-state index contributed by atoms with van der Waals surface area (Å²) in [6.45, 7) is 4.55. The van der Waals surface area contributed by atoms with Crippen molar-refractivity contribution >= 4 is 11.7 Å². The van der Waals surface area contributed by atoms with Crippen molar-refractivity contribution in [1.82, 2.24) is 9.80 Å². The first-order valence-electron chi connectivity index (χ1n) is 6.91. The van der Waals surface area contributed by atoms with E-state index in [1.807, 2.05) is 36.2 Å². The Morgan fingerprint density at radius 1 is 1.37 bits per heavy atom. The number of rotatable bonds is 2. The molecule has 1 aliphatic rings. The van der Waals surface area contributed by atoms with Crippen LogP contribution in [0.2, 0.25) is 0 Å². The third-order valence-corrected chi connectivity index (χ3v) is 3.84. The summed E-state index contributed by atoms with van der Waals surface area (Å²) in [4.78, 5) is 16.0. The Kier molecular flexibility index (Phi) is 4.30. The molecule has 2 rings (SSSR count). The summed E-state index contributed by atoms with van der Waals surface area (Å²) in [7, 11) is 1.84. The number of para-hydroxylation sites is 1. The predicted molar refractivity (Wildman–Crippen MR) is 77.7 cm³/mol. The zero-order valence-electron chi connectivity index (χ0n) is 11.8. The van der Waals surface area contributed by atoms with Gasteiger partial charge in [-0.25, -0.2) is 4.79 Å². The summed E-state index contributed by atoms with van der Waals surface area (Å²) in [5.74, 6) is 0.735. The van der Waals surface area contributed by atoms with E-state index in [1.54, 1.807) is 4.90 Å². The summed E-state index contributed by atoms with van der Waals surface area (Å²) in [5.41, 5.74) is 7.66. The summed E-state index contributed by atoms with van der Waals surface area (Å²) >= 11 is 0. The second-order valence-corrected chi connectivity index (χ2v) is 5.51. The molecule has 0 saturated carbocycles. The highest BCUT2D eigenvalue weighted by molar-refractivity contribution is 5.74. The summed E-state index contributed by atoms with van der Waals surface area (Å²) in [5, 5.41) is 0. The summed E-state index contributed by atoms with van der Waals surface area (Å²) in [6, 6.07) is 7.81. The number of amides is 2. The van der Waals surface area contributed by atoms with Crippen LogP contribution >= 0.6 is 0 Å². The number of hydrogen-bond donors (Lipinski definition) is 1. The van der Waals surface area contributed by atoms with E-state index in [1.165, 1.54) is 0 Å². The summed E-state index contributed by atoms with van der Waals surface area (Å²) < 4.78 is 0. The molecular weight excluding hydrogens is 238 g/mol. The second kappa shape index (κ2) is 5.95. The maximum Gasteiger partial charge on any atom is 0.320 e. The minimum absolute atomic E-state index is 0.107. The van der Waals surface area contributed by atoms with Gasteiger partial charge in [0.1, 0.15) is 0 Å². The number of likely N-dealkylation sites (tertiary alicyclic amines) is 1. The number of piperidine rings is 1. The van der Waals surface area contributed by atoms with Gasteiger partial charge in [0.25, 0.3) is 0 Å². The van der Waals surface area contributed by atoms with E-state index < -0.39 is 0 Å². The quantitative estimate of drug-likeness (QED) is 0.832. The van der Waals surface area contributed by atoms with Gasteiger partial charge >= 0.3 is 6.03 Å². The van der Waals surface area contributed by atoms with Crippen LogP contribution < -0.4 is 5.73 Å². The number of anilines is 1. The number of carbonyl (C=O) groups is 1. The topological polar surface area (TPSA) is 49.6 Å². The molecule has 1 heterocycles. The molecule has 0 radical (unpaired) electrons. The average Bonchev–Trinajstić information content (AvgIpc) is 2.41. The fourth-order valence-corrected chi connectivity index (χ4v) is 2.44. The fourth-order valence-electron chi connectivity index (χ4n) is 2.44. The number of nitrogen functional groups attached to an aromatic ring is 1. The highest BCUT2D eigenvalue weighted by Gasteiger charge is 2.23.